The third kappa shape index (κ3) is 2.28. The minimum Gasteiger partial charge on any atom is -0.465 e. The molecule has 0 amide bonds. The van der Waals surface area contributed by atoms with E-state index in [1.165, 1.54) is 18.2 Å². The van der Waals surface area contributed by atoms with Gasteiger partial charge in [0.05, 0.1) is 12.7 Å². The number of fused-ring (bicyclic) bond motifs is 1. The fraction of sp³-hybridized carbons (Fsp3) is 0.0556. The summed E-state index contributed by atoms with van der Waals surface area (Å²) in [5, 5.41) is 2.14. The summed E-state index contributed by atoms with van der Waals surface area (Å²) < 4.78 is 4.74. The van der Waals surface area contributed by atoms with E-state index in [2.05, 4.69) is 24.3 Å². The Labute approximate surface area is 117 Å². The Morgan fingerprint density at radius 2 is 1.50 bits per heavy atom. The number of carbonyl (C=O) groups is 1. The van der Waals surface area contributed by atoms with Gasteiger partial charge >= 0.3 is 5.97 Å². The van der Waals surface area contributed by atoms with Crippen LogP contribution in [0.3, 0.4) is 0 Å². The molecule has 20 heavy (non-hydrogen) atoms. The van der Waals surface area contributed by atoms with E-state index >= 15 is 0 Å². The zero-order valence-corrected chi connectivity index (χ0v) is 11.2. The zero-order valence-electron chi connectivity index (χ0n) is 11.2. The predicted molar refractivity (Wildman–Crippen MR) is 80.7 cm³/mol. The van der Waals surface area contributed by atoms with Gasteiger partial charge < -0.3 is 4.74 Å². The van der Waals surface area contributed by atoms with Crippen molar-refractivity contribution in [1.29, 1.82) is 0 Å². The molecule has 0 aromatic heterocycles. The number of methoxy groups -OCH3 is 1. The monoisotopic (exact) mass is 262 g/mol. The zero-order chi connectivity index (χ0) is 13.9. The lowest BCUT2D eigenvalue weighted by Gasteiger charge is -2.05. The van der Waals surface area contributed by atoms with E-state index in [0.717, 1.165) is 10.8 Å². The SMILES string of the molecule is COC(=O)c1ccc2cc(-c3ccccc3)ccc2c1. The summed E-state index contributed by atoms with van der Waals surface area (Å²) >= 11 is 0. The molecule has 0 N–H and O–H groups in total. The number of benzene rings is 3. The van der Waals surface area contributed by atoms with Crippen molar-refractivity contribution >= 4 is 16.7 Å². The molecule has 0 atom stereocenters. The Hall–Kier alpha value is -2.61. The lowest BCUT2D eigenvalue weighted by Crippen LogP contribution is -2.00. The fourth-order valence-electron chi connectivity index (χ4n) is 2.30. The number of hydrogen-bond acceptors (Lipinski definition) is 2. The maximum Gasteiger partial charge on any atom is 0.337 e. The van der Waals surface area contributed by atoms with Crippen molar-refractivity contribution in [2.75, 3.05) is 7.11 Å². The van der Waals surface area contributed by atoms with Crippen molar-refractivity contribution in [1.82, 2.24) is 0 Å². The first-order valence-corrected chi connectivity index (χ1v) is 6.45. The molecule has 0 aliphatic heterocycles. The van der Waals surface area contributed by atoms with Gasteiger partial charge in [0, 0.05) is 0 Å². The molecule has 0 aliphatic carbocycles. The van der Waals surface area contributed by atoms with Gasteiger partial charge in [0.1, 0.15) is 0 Å². The third-order valence-corrected chi connectivity index (χ3v) is 3.37. The summed E-state index contributed by atoms with van der Waals surface area (Å²) in [7, 11) is 1.39. The molecule has 3 aromatic carbocycles. The van der Waals surface area contributed by atoms with Crippen LogP contribution in [0.5, 0.6) is 0 Å². The molecule has 3 aromatic rings. The molecule has 0 aliphatic rings. The van der Waals surface area contributed by atoms with Crippen LogP contribution in [0.1, 0.15) is 10.4 Å². The summed E-state index contributed by atoms with van der Waals surface area (Å²) in [5.74, 6) is -0.306. The van der Waals surface area contributed by atoms with Gasteiger partial charge in [-0.25, -0.2) is 4.79 Å². The van der Waals surface area contributed by atoms with Crippen LogP contribution in [0.2, 0.25) is 0 Å². The molecule has 3 rings (SSSR count). The Morgan fingerprint density at radius 3 is 2.25 bits per heavy atom. The second-order valence-electron chi connectivity index (χ2n) is 4.63. The number of rotatable bonds is 2. The van der Waals surface area contributed by atoms with E-state index < -0.39 is 0 Å². The second-order valence-corrected chi connectivity index (χ2v) is 4.63. The van der Waals surface area contributed by atoms with Crippen molar-refractivity contribution in [3.05, 3.63) is 72.3 Å². The van der Waals surface area contributed by atoms with Crippen LogP contribution in [-0.2, 0) is 4.74 Å². The summed E-state index contributed by atoms with van der Waals surface area (Å²) in [4.78, 5) is 11.5. The second kappa shape index (κ2) is 5.17. The maximum atomic E-state index is 11.5. The number of esters is 1. The van der Waals surface area contributed by atoms with Gasteiger partial charge in [-0.3, -0.25) is 0 Å². The van der Waals surface area contributed by atoms with Crippen molar-refractivity contribution in [2.45, 2.75) is 0 Å². The van der Waals surface area contributed by atoms with E-state index in [-0.39, 0.29) is 5.97 Å². The number of carbonyl (C=O) groups excluding carboxylic acids is 1. The summed E-state index contributed by atoms with van der Waals surface area (Å²) in [6, 6.07) is 22.1. The van der Waals surface area contributed by atoms with Crippen LogP contribution < -0.4 is 0 Å². The van der Waals surface area contributed by atoms with Crippen molar-refractivity contribution in [2.24, 2.45) is 0 Å². The van der Waals surface area contributed by atoms with Crippen LogP contribution in [0, 0.1) is 0 Å². The molecule has 2 heteroatoms. The Morgan fingerprint density at radius 1 is 0.800 bits per heavy atom. The Kier molecular flexibility index (Phi) is 3.21. The van der Waals surface area contributed by atoms with E-state index in [9.17, 15) is 4.79 Å². The Bertz CT molecular complexity index is 761. The molecule has 0 spiro atoms. The summed E-state index contributed by atoms with van der Waals surface area (Å²) in [6.45, 7) is 0. The Balaban J connectivity index is 2.07. The quantitative estimate of drug-likeness (QED) is 0.644. The number of hydrogen-bond donors (Lipinski definition) is 0. The van der Waals surface area contributed by atoms with Gasteiger partial charge in [-0.15, -0.1) is 0 Å². The average Bonchev–Trinajstić information content (AvgIpc) is 2.54. The first kappa shape index (κ1) is 12.4. The third-order valence-electron chi connectivity index (χ3n) is 3.37. The van der Waals surface area contributed by atoms with Gasteiger partial charge in [-0.05, 0) is 40.1 Å². The maximum absolute atomic E-state index is 11.5. The van der Waals surface area contributed by atoms with Crippen molar-refractivity contribution < 1.29 is 9.53 Å². The van der Waals surface area contributed by atoms with Gasteiger partial charge in [0.2, 0.25) is 0 Å². The van der Waals surface area contributed by atoms with Gasteiger partial charge in [0.15, 0.2) is 0 Å². The molecule has 0 bridgehead atoms. The van der Waals surface area contributed by atoms with E-state index in [4.69, 9.17) is 4.74 Å². The predicted octanol–water partition coefficient (Wildman–Crippen LogP) is 4.29. The molecular formula is C18H14O2. The van der Waals surface area contributed by atoms with Crippen LogP contribution in [-0.4, -0.2) is 13.1 Å². The molecule has 0 saturated carbocycles. The van der Waals surface area contributed by atoms with Crippen molar-refractivity contribution in [3.63, 3.8) is 0 Å². The molecule has 0 heterocycles. The fourth-order valence-corrected chi connectivity index (χ4v) is 2.30. The minimum atomic E-state index is -0.306. The standard InChI is InChI=1S/C18H14O2/c1-20-18(19)17-10-9-15-11-14(7-8-16(15)12-17)13-5-3-2-4-6-13/h2-12H,1H3. The van der Waals surface area contributed by atoms with Crippen LogP contribution in [0.4, 0.5) is 0 Å². The van der Waals surface area contributed by atoms with Crippen LogP contribution >= 0.6 is 0 Å². The highest BCUT2D eigenvalue weighted by molar-refractivity contribution is 5.96. The lowest BCUT2D eigenvalue weighted by atomic mass is 10.00. The lowest BCUT2D eigenvalue weighted by molar-refractivity contribution is 0.0601. The summed E-state index contributed by atoms with van der Waals surface area (Å²) in [5.41, 5.74) is 2.93. The summed E-state index contributed by atoms with van der Waals surface area (Å²) in [6.07, 6.45) is 0. The average molecular weight is 262 g/mol. The minimum absolute atomic E-state index is 0.306. The smallest absolute Gasteiger partial charge is 0.337 e. The highest BCUT2D eigenvalue weighted by Gasteiger charge is 2.06. The van der Waals surface area contributed by atoms with Crippen LogP contribution in [0.25, 0.3) is 21.9 Å². The van der Waals surface area contributed by atoms with Gasteiger partial charge in [0.25, 0.3) is 0 Å². The molecule has 0 fully saturated rings. The van der Waals surface area contributed by atoms with E-state index in [1.807, 2.05) is 36.4 Å². The number of ether oxygens (including phenoxy) is 1. The largest absolute Gasteiger partial charge is 0.465 e. The molecular weight excluding hydrogens is 248 g/mol. The van der Waals surface area contributed by atoms with Crippen molar-refractivity contribution in [3.8, 4) is 11.1 Å². The van der Waals surface area contributed by atoms with Gasteiger partial charge in [-0.2, -0.15) is 0 Å². The topological polar surface area (TPSA) is 26.3 Å². The van der Waals surface area contributed by atoms with E-state index in [0.29, 0.717) is 5.56 Å². The van der Waals surface area contributed by atoms with Crippen LogP contribution in [0.15, 0.2) is 66.7 Å². The molecule has 2 nitrogen and oxygen atoms in total. The van der Waals surface area contributed by atoms with E-state index in [1.54, 1.807) is 6.07 Å². The normalized spacial score (nSPS) is 10.4. The molecule has 98 valence electrons. The molecule has 0 unspecified atom stereocenters. The highest BCUT2D eigenvalue weighted by Crippen LogP contribution is 2.25. The van der Waals surface area contributed by atoms with Gasteiger partial charge in [-0.1, -0.05) is 48.5 Å². The first-order chi connectivity index (χ1) is 9.78. The molecule has 0 radical (unpaired) electrons. The first-order valence-electron chi connectivity index (χ1n) is 6.45. The molecule has 0 saturated heterocycles. The highest BCUT2D eigenvalue weighted by atomic mass is 16.5.